The molecule has 128 valence electrons. The van der Waals surface area contributed by atoms with Crippen molar-refractivity contribution in [1.29, 1.82) is 0 Å². The summed E-state index contributed by atoms with van der Waals surface area (Å²) >= 11 is 5.99. The molecule has 4 rings (SSSR count). The van der Waals surface area contributed by atoms with Crippen molar-refractivity contribution in [1.82, 2.24) is 19.9 Å². The molecule has 0 bridgehead atoms. The second-order valence-electron chi connectivity index (χ2n) is 6.36. The minimum Gasteiger partial charge on any atom is -0.367 e. The molecule has 2 aromatic heterocycles. The van der Waals surface area contributed by atoms with E-state index in [-0.39, 0.29) is 0 Å². The van der Waals surface area contributed by atoms with Gasteiger partial charge in [-0.25, -0.2) is 4.98 Å². The molecular formula is C19H20ClN5. The lowest BCUT2D eigenvalue weighted by Crippen LogP contribution is -2.34. The Morgan fingerprint density at radius 2 is 2.12 bits per heavy atom. The molecule has 1 saturated heterocycles. The number of likely N-dealkylation sites (tertiary alicyclic amines) is 1. The van der Waals surface area contributed by atoms with Gasteiger partial charge in [0.2, 0.25) is 0 Å². The maximum atomic E-state index is 5.99. The van der Waals surface area contributed by atoms with Crippen molar-refractivity contribution in [3.8, 4) is 0 Å². The van der Waals surface area contributed by atoms with E-state index in [9.17, 15) is 0 Å². The van der Waals surface area contributed by atoms with Crippen molar-refractivity contribution in [3.05, 3.63) is 59.5 Å². The summed E-state index contributed by atoms with van der Waals surface area (Å²) in [6, 6.07) is 12.2. The minimum absolute atomic E-state index is 0.490. The summed E-state index contributed by atoms with van der Waals surface area (Å²) < 4.78 is 0. The van der Waals surface area contributed by atoms with Crippen LogP contribution in [-0.4, -0.2) is 39.0 Å². The van der Waals surface area contributed by atoms with E-state index in [0.29, 0.717) is 11.1 Å². The molecule has 1 aliphatic heterocycles. The van der Waals surface area contributed by atoms with E-state index < -0.39 is 0 Å². The molecule has 3 heterocycles. The topological polar surface area (TPSA) is 53.9 Å². The summed E-state index contributed by atoms with van der Waals surface area (Å²) in [5.74, 6) is 0.805. The first-order valence-electron chi connectivity index (χ1n) is 8.58. The van der Waals surface area contributed by atoms with Crippen LogP contribution in [0.25, 0.3) is 11.0 Å². The van der Waals surface area contributed by atoms with E-state index in [2.05, 4.69) is 31.2 Å². The van der Waals surface area contributed by atoms with Gasteiger partial charge in [0.15, 0.2) is 0 Å². The maximum absolute atomic E-state index is 5.99. The molecule has 1 atom stereocenters. The van der Waals surface area contributed by atoms with Gasteiger partial charge in [-0.1, -0.05) is 17.7 Å². The van der Waals surface area contributed by atoms with E-state index >= 15 is 0 Å². The number of halogens is 1. The largest absolute Gasteiger partial charge is 0.367 e. The number of nitrogens with zero attached hydrogens (tertiary/aromatic N) is 4. The summed E-state index contributed by atoms with van der Waals surface area (Å²) in [6.45, 7) is 2.88. The fourth-order valence-electron chi connectivity index (χ4n) is 3.33. The Morgan fingerprint density at radius 3 is 3.00 bits per heavy atom. The van der Waals surface area contributed by atoms with Crippen molar-refractivity contribution in [2.24, 2.45) is 0 Å². The molecule has 25 heavy (non-hydrogen) atoms. The number of benzene rings is 1. The highest BCUT2D eigenvalue weighted by Gasteiger charge is 2.24. The van der Waals surface area contributed by atoms with Crippen LogP contribution in [0.3, 0.4) is 0 Å². The van der Waals surface area contributed by atoms with Crippen molar-refractivity contribution in [2.75, 3.05) is 18.4 Å². The Balaban J connectivity index is 1.41. The summed E-state index contributed by atoms with van der Waals surface area (Å²) in [7, 11) is 0. The third kappa shape index (κ3) is 3.89. The quantitative estimate of drug-likeness (QED) is 0.757. The highest BCUT2D eigenvalue weighted by molar-refractivity contribution is 6.31. The van der Waals surface area contributed by atoms with Crippen LogP contribution in [0.1, 0.15) is 18.5 Å². The first kappa shape index (κ1) is 16.2. The van der Waals surface area contributed by atoms with Gasteiger partial charge in [-0.3, -0.25) is 14.9 Å². The van der Waals surface area contributed by atoms with Gasteiger partial charge < -0.3 is 5.32 Å². The van der Waals surface area contributed by atoms with E-state index in [1.54, 1.807) is 6.20 Å². The SMILES string of the molecule is Clc1ccc2nc(NCC3CCCN3Cc3ccccn3)cnc2c1. The van der Waals surface area contributed by atoms with E-state index in [1.807, 2.05) is 36.5 Å². The Bertz CT molecular complexity index is 855. The minimum atomic E-state index is 0.490. The first-order chi connectivity index (χ1) is 12.3. The zero-order valence-corrected chi connectivity index (χ0v) is 14.7. The summed E-state index contributed by atoms with van der Waals surface area (Å²) in [5.41, 5.74) is 2.79. The Hall–Kier alpha value is -2.24. The number of fused-ring (bicyclic) bond motifs is 1. The molecule has 1 aromatic carbocycles. The number of pyridine rings is 1. The summed E-state index contributed by atoms with van der Waals surface area (Å²) in [6.07, 6.45) is 6.05. The van der Waals surface area contributed by atoms with Gasteiger partial charge in [0.05, 0.1) is 22.9 Å². The highest BCUT2D eigenvalue weighted by Crippen LogP contribution is 2.21. The molecule has 0 aliphatic carbocycles. The van der Waals surface area contributed by atoms with Gasteiger partial charge >= 0.3 is 0 Å². The van der Waals surface area contributed by atoms with Gasteiger partial charge in [0, 0.05) is 30.4 Å². The van der Waals surface area contributed by atoms with Crippen molar-refractivity contribution in [2.45, 2.75) is 25.4 Å². The van der Waals surface area contributed by atoms with Crippen LogP contribution < -0.4 is 5.32 Å². The molecule has 6 heteroatoms. The zero-order valence-electron chi connectivity index (χ0n) is 13.9. The van der Waals surface area contributed by atoms with Gasteiger partial charge in [-0.15, -0.1) is 0 Å². The van der Waals surface area contributed by atoms with Gasteiger partial charge in [-0.05, 0) is 49.7 Å². The highest BCUT2D eigenvalue weighted by atomic mass is 35.5. The third-order valence-electron chi connectivity index (χ3n) is 4.61. The van der Waals surface area contributed by atoms with Crippen LogP contribution in [0.15, 0.2) is 48.8 Å². The monoisotopic (exact) mass is 353 g/mol. The normalized spacial score (nSPS) is 17.9. The Morgan fingerprint density at radius 1 is 1.16 bits per heavy atom. The average molecular weight is 354 g/mol. The lowest BCUT2D eigenvalue weighted by Gasteiger charge is -2.24. The third-order valence-corrected chi connectivity index (χ3v) is 4.85. The van der Waals surface area contributed by atoms with E-state index in [0.717, 1.165) is 42.2 Å². The number of anilines is 1. The molecule has 0 radical (unpaired) electrons. The molecule has 5 nitrogen and oxygen atoms in total. The second kappa shape index (κ2) is 7.33. The zero-order chi connectivity index (χ0) is 17.1. The molecule has 1 unspecified atom stereocenters. The van der Waals surface area contributed by atoms with Crippen LogP contribution in [0.2, 0.25) is 5.02 Å². The van der Waals surface area contributed by atoms with Crippen LogP contribution in [-0.2, 0) is 6.54 Å². The smallest absolute Gasteiger partial charge is 0.145 e. The number of hydrogen-bond donors (Lipinski definition) is 1. The summed E-state index contributed by atoms with van der Waals surface area (Å²) in [5, 5.41) is 4.12. The molecule has 1 fully saturated rings. The van der Waals surface area contributed by atoms with Crippen LogP contribution in [0.4, 0.5) is 5.82 Å². The Labute approximate surface area is 152 Å². The lowest BCUT2D eigenvalue weighted by atomic mass is 10.2. The number of nitrogens with one attached hydrogen (secondary N) is 1. The molecule has 0 spiro atoms. The predicted molar refractivity (Wildman–Crippen MR) is 101 cm³/mol. The molecule has 1 aliphatic rings. The summed E-state index contributed by atoms with van der Waals surface area (Å²) in [4.78, 5) is 16.0. The molecule has 0 saturated carbocycles. The number of hydrogen-bond acceptors (Lipinski definition) is 5. The molecular weight excluding hydrogens is 334 g/mol. The van der Waals surface area contributed by atoms with E-state index in [1.165, 1.54) is 12.8 Å². The average Bonchev–Trinajstić information content (AvgIpc) is 3.08. The molecule has 3 aromatic rings. The van der Waals surface area contributed by atoms with E-state index in [4.69, 9.17) is 11.6 Å². The fraction of sp³-hybridized carbons (Fsp3) is 0.316. The van der Waals surface area contributed by atoms with Crippen molar-refractivity contribution < 1.29 is 0 Å². The predicted octanol–water partition coefficient (Wildman–Crippen LogP) is 3.75. The first-order valence-corrected chi connectivity index (χ1v) is 8.96. The molecule has 0 amide bonds. The number of rotatable bonds is 5. The fourth-order valence-corrected chi connectivity index (χ4v) is 3.49. The van der Waals surface area contributed by atoms with Gasteiger partial charge in [-0.2, -0.15) is 0 Å². The van der Waals surface area contributed by atoms with Gasteiger partial charge in [0.1, 0.15) is 5.82 Å². The lowest BCUT2D eigenvalue weighted by molar-refractivity contribution is 0.251. The number of aromatic nitrogens is 3. The van der Waals surface area contributed by atoms with Crippen LogP contribution in [0.5, 0.6) is 0 Å². The Kier molecular flexibility index (Phi) is 4.76. The standard InChI is InChI=1S/C19H20ClN5/c20-14-6-7-17-18(10-14)22-12-19(24-17)23-11-16-5-3-9-25(16)13-15-4-1-2-8-21-15/h1-2,4,6-8,10,12,16H,3,5,9,11,13H2,(H,23,24). The van der Waals surface area contributed by atoms with Crippen molar-refractivity contribution >= 4 is 28.5 Å². The van der Waals surface area contributed by atoms with Crippen LogP contribution in [0, 0.1) is 0 Å². The maximum Gasteiger partial charge on any atom is 0.145 e. The van der Waals surface area contributed by atoms with Crippen molar-refractivity contribution in [3.63, 3.8) is 0 Å². The molecule has 1 N–H and O–H groups in total. The second-order valence-corrected chi connectivity index (χ2v) is 6.79. The van der Waals surface area contributed by atoms with Gasteiger partial charge in [0.25, 0.3) is 0 Å². The van der Waals surface area contributed by atoms with Crippen LogP contribution >= 0.6 is 11.6 Å².